The fourth-order valence-electron chi connectivity index (χ4n) is 1.55. The maximum atomic E-state index is 8.43. The third kappa shape index (κ3) is 2.63. The maximum Gasteiger partial charge on any atom is 0.110 e. The van der Waals surface area contributed by atoms with Crippen LogP contribution in [0.4, 0.5) is 0 Å². The highest BCUT2D eigenvalue weighted by molar-refractivity contribution is 5.10. The minimum atomic E-state index is 0.175. The molecule has 1 heterocycles. The Labute approximate surface area is 78.6 Å². The Kier molecular flexibility index (Phi) is 3.15. The topological polar surface area (TPSA) is 62.3 Å². The van der Waals surface area contributed by atoms with E-state index in [-0.39, 0.29) is 12.2 Å². The molecule has 13 heavy (non-hydrogen) atoms. The molecule has 72 valence electrons. The molecule has 1 aliphatic heterocycles. The molecular formula is C9H15N3O. The first-order valence-electron chi connectivity index (χ1n) is 4.39. The van der Waals surface area contributed by atoms with Gasteiger partial charge in [-0.2, -0.15) is 5.26 Å². The van der Waals surface area contributed by atoms with Gasteiger partial charge in [0.25, 0.3) is 0 Å². The number of hydrogen-bond acceptors (Lipinski definition) is 4. The van der Waals surface area contributed by atoms with Gasteiger partial charge in [0.2, 0.25) is 0 Å². The molecule has 0 aromatic rings. The summed E-state index contributed by atoms with van der Waals surface area (Å²) < 4.78 is 5.54. The summed E-state index contributed by atoms with van der Waals surface area (Å²) in [5.41, 5.74) is 5.69. The standard InChI is InChI=1S/C9H15N3O/c1-7-5-12(6-8(2)13-7)9(11)3-4-10/h3,7-8H,5-6,11H2,1-2H3/b9-3+/t7-,8+. The van der Waals surface area contributed by atoms with Crippen LogP contribution in [0.5, 0.6) is 0 Å². The van der Waals surface area contributed by atoms with Gasteiger partial charge in [-0.25, -0.2) is 0 Å². The molecule has 0 aromatic heterocycles. The lowest BCUT2D eigenvalue weighted by molar-refractivity contribution is -0.0581. The van der Waals surface area contributed by atoms with Gasteiger partial charge in [0, 0.05) is 13.1 Å². The van der Waals surface area contributed by atoms with Crippen LogP contribution in [-0.2, 0) is 4.74 Å². The van der Waals surface area contributed by atoms with Gasteiger partial charge in [0.1, 0.15) is 5.82 Å². The molecule has 0 saturated carbocycles. The van der Waals surface area contributed by atoms with Crippen LogP contribution in [0.2, 0.25) is 0 Å². The number of ether oxygens (including phenoxy) is 1. The lowest BCUT2D eigenvalue weighted by Gasteiger charge is -2.36. The molecule has 1 aliphatic rings. The first-order valence-corrected chi connectivity index (χ1v) is 4.39. The predicted octanol–water partition coefficient (Wildman–Crippen LogP) is 0.419. The Morgan fingerprint density at radius 2 is 2.08 bits per heavy atom. The van der Waals surface area contributed by atoms with Crippen molar-refractivity contribution in [3.8, 4) is 6.07 Å². The number of morpholine rings is 1. The molecule has 0 aliphatic carbocycles. The third-order valence-electron chi connectivity index (χ3n) is 2.00. The Hall–Kier alpha value is -1.21. The van der Waals surface area contributed by atoms with Crippen molar-refractivity contribution in [3.05, 3.63) is 11.9 Å². The maximum absolute atomic E-state index is 8.43. The SMILES string of the molecule is C[C@@H]1CN(/C(N)=C/C#N)C[C@H](C)O1. The van der Waals surface area contributed by atoms with Gasteiger partial charge in [-0.05, 0) is 13.8 Å². The smallest absolute Gasteiger partial charge is 0.110 e. The molecule has 2 atom stereocenters. The molecule has 0 spiro atoms. The van der Waals surface area contributed by atoms with Crippen LogP contribution < -0.4 is 5.73 Å². The second-order valence-corrected chi connectivity index (χ2v) is 3.36. The summed E-state index contributed by atoms with van der Waals surface area (Å²) in [6.07, 6.45) is 1.72. The van der Waals surface area contributed by atoms with Gasteiger partial charge in [-0.15, -0.1) is 0 Å². The number of allylic oxidation sites excluding steroid dienone is 1. The van der Waals surface area contributed by atoms with Crippen molar-refractivity contribution in [1.82, 2.24) is 4.90 Å². The van der Waals surface area contributed by atoms with Crippen LogP contribution in [0.3, 0.4) is 0 Å². The number of rotatable bonds is 1. The Balaban J connectivity index is 2.61. The van der Waals surface area contributed by atoms with Gasteiger partial charge in [-0.1, -0.05) is 0 Å². The monoisotopic (exact) mass is 181 g/mol. The average Bonchev–Trinajstić information content (AvgIpc) is 2.03. The van der Waals surface area contributed by atoms with E-state index in [1.807, 2.05) is 24.8 Å². The van der Waals surface area contributed by atoms with E-state index in [0.29, 0.717) is 5.82 Å². The van der Waals surface area contributed by atoms with Crippen molar-refractivity contribution in [2.75, 3.05) is 13.1 Å². The van der Waals surface area contributed by atoms with Crippen LogP contribution >= 0.6 is 0 Å². The second-order valence-electron chi connectivity index (χ2n) is 3.36. The van der Waals surface area contributed by atoms with Crippen LogP contribution in [0.25, 0.3) is 0 Å². The lowest BCUT2D eigenvalue weighted by atomic mass is 10.2. The first kappa shape index (κ1) is 9.87. The van der Waals surface area contributed by atoms with E-state index < -0.39 is 0 Å². The van der Waals surface area contributed by atoms with Crippen molar-refractivity contribution < 1.29 is 4.74 Å². The van der Waals surface area contributed by atoms with Crippen LogP contribution in [0, 0.1) is 11.3 Å². The summed E-state index contributed by atoms with van der Waals surface area (Å²) in [6.45, 7) is 5.52. The van der Waals surface area contributed by atoms with E-state index in [1.165, 1.54) is 6.08 Å². The molecule has 0 aromatic carbocycles. The minimum absolute atomic E-state index is 0.175. The average molecular weight is 181 g/mol. The van der Waals surface area contributed by atoms with Crippen molar-refractivity contribution in [2.45, 2.75) is 26.1 Å². The molecule has 0 unspecified atom stereocenters. The number of hydrogen-bond donors (Lipinski definition) is 1. The molecule has 0 radical (unpaired) electrons. The summed E-state index contributed by atoms with van der Waals surface area (Å²) in [5, 5.41) is 8.43. The van der Waals surface area contributed by atoms with Crippen molar-refractivity contribution in [1.29, 1.82) is 5.26 Å². The van der Waals surface area contributed by atoms with Gasteiger partial charge in [0.15, 0.2) is 0 Å². The van der Waals surface area contributed by atoms with E-state index in [4.69, 9.17) is 15.7 Å². The van der Waals surface area contributed by atoms with Crippen LogP contribution in [-0.4, -0.2) is 30.2 Å². The van der Waals surface area contributed by atoms with Crippen molar-refractivity contribution in [3.63, 3.8) is 0 Å². The van der Waals surface area contributed by atoms with E-state index in [2.05, 4.69) is 0 Å². The summed E-state index contributed by atoms with van der Waals surface area (Å²) in [6, 6.07) is 1.92. The van der Waals surface area contributed by atoms with Crippen LogP contribution in [0.1, 0.15) is 13.8 Å². The third-order valence-corrected chi connectivity index (χ3v) is 2.00. The summed E-state index contributed by atoms with van der Waals surface area (Å²) in [7, 11) is 0. The van der Waals surface area contributed by atoms with Gasteiger partial charge in [0.05, 0.1) is 24.4 Å². The lowest BCUT2D eigenvalue weighted by Crippen LogP contribution is -2.46. The number of nitrogens with two attached hydrogens (primary N) is 1. The largest absolute Gasteiger partial charge is 0.385 e. The van der Waals surface area contributed by atoms with E-state index in [1.54, 1.807) is 0 Å². The normalized spacial score (nSPS) is 29.9. The highest BCUT2D eigenvalue weighted by Crippen LogP contribution is 2.12. The van der Waals surface area contributed by atoms with Crippen molar-refractivity contribution in [2.24, 2.45) is 5.73 Å². The molecule has 2 N–H and O–H groups in total. The molecular weight excluding hydrogens is 166 g/mol. The molecule has 1 rings (SSSR count). The summed E-state index contributed by atoms with van der Waals surface area (Å²) >= 11 is 0. The Morgan fingerprint density at radius 3 is 2.54 bits per heavy atom. The predicted molar refractivity (Wildman–Crippen MR) is 49.5 cm³/mol. The zero-order valence-corrected chi connectivity index (χ0v) is 8.03. The molecule has 1 fully saturated rings. The highest BCUT2D eigenvalue weighted by Gasteiger charge is 2.22. The molecule has 4 nitrogen and oxygen atoms in total. The van der Waals surface area contributed by atoms with E-state index in [9.17, 15) is 0 Å². The molecule has 1 saturated heterocycles. The molecule has 0 amide bonds. The number of nitrogens with zero attached hydrogens (tertiary/aromatic N) is 2. The Morgan fingerprint density at radius 1 is 1.54 bits per heavy atom. The minimum Gasteiger partial charge on any atom is -0.385 e. The molecule has 0 bridgehead atoms. The fraction of sp³-hybridized carbons (Fsp3) is 0.667. The second kappa shape index (κ2) is 4.15. The quantitative estimate of drug-likeness (QED) is 0.595. The summed E-state index contributed by atoms with van der Waals surface area (Å²) in [5.74, 6) is 0.532. The zero-order valence-electron chi connectivity index (χ0n) is 8.03. The fourth-order valence-corrected chi connectivity index (χ4v) is 1.55. The first-order chi connectivity index (χ1) is 6.13. The van der Waals surface area contributed by atoms with Crippen molar-refractivity contribution >= 4 is 0 Å². The van der Waals surface area contributed by atoms with Gasteiger partial charge in [-0.3, -0.25) is 0 Å². The number of nitriles is 1. The summed E-state index contributed by atoms with van der Waals surface area (Å²) in [4.78, 5) is 1.97. The van der Waals surface area contributed by atoms with Gasteiger partial charge >= 0.3 is 0 Å². The highest BCUT2D eigenvalue weighted by atomic mass is 16.5. The van der Waals surface area contributed by atoms with E-state index in [0.717, 1.165) is 13.1 Å². The van der Waals surface area contributed by atoms with E-state index >= 15 is 0 Å². The zero-order chi connectivity index (χ0) is 9.84. The molecule has 4 heteroatoms. The van der Waals surface area contributed by atoms with Gasteiger partial charge < -0.3 is 15.4 Å². The van der Waals surface area contributed by atoms with Crippen LogP contribution in [0.15, 0.2) is 11.9 Å². The Bertz CT molecular complexity index is 234.